The molecule has 2 heterocycles. The number of alkyl halides is 3. The van der Waals surface area contributed by atoms with E-state index >= 15 is 0 Å². The Kier molecular flexibility index (Phi) is 6.50. The molecule has 4 rings (SSSR count). The van der Waals surface area contributed by atoms with Gasteiger partial charge >= 0.3 is 6.18 Å². The van der Waals surface area contributed by atoms with Crippen LogP contribution in [0.3, 0.4) is 0 Å². The number of aryl methyl sites for hydroxylation is 1. The van der Waals surface area contributed by atoms with E-state index in [0.29, 0.717) is 24.5 Å². The third-order valence-electron chi connectivity index (χ3n) is 6.19. The largest absolute Gasteiger partial charge is 0.488 e. The molecule has 0 bridgehead atoms. The van der Waals surface area contributed by atoms with Crippen LogP contribution >= 0.6 is 11.3 Å². The Bertz CT molecular complexity index is 1190. The summed E-state index contributed by atoms with van der Waals surface area (Å²) in [5.41, 5.74) is 4.75. The van der Waals surface area contributed by atoms with Gasteiger partial charge in [0.15, 0.2) is 0 Å². The van der Waals surface area contributed by atoms with Gasteiger partial charge in [0.1, 0.15) is 17.4 Å². The normalized spacial score (nSPS) is 20.3. The van der Waals surface area contributed by atoms with Gasteiger partial charge in [0.05, 0.1) is 27.8 Å². The summed E-state index contributed by atoms with van der Waals surface area (Å²) in [7, 11) is 0. The molecule has 1 N–H and O–H groups in total. The number of nitrogens with zero attached hydrogens (tertiary/aromatic N) is 2. The number of fused-ring (bicyclic) bond motifs is 1. The number of allylic oxidation sites excluding steroid dienone is 4. The first-order valence-corrected chi connectivity index (χ1v) is 12.1. The Labute approximate surface area is 201 Å². The van der Waals surface area contributed by atoms with E-state index < -0.39 is 23.6 Å². The first-order chi connectivity index (χ1) is 15.8. The molecule has 1 aliphatic carbocycles. The molecule has 2 aromatic rings. The SMILES string of the molecule is Cc1nc(C2=CC(C)C(C(F)(F)F)C=C2)sc1COc1ccc2c(c1C)CC(CC(C)(C)O)=N2. The van der Waals surface area contributed by atoms with E-state index in [9.17, 15) is 18.3 Å². The topological polar surface area (TPSA) is 54.7 Å². The van der Waals surface area contributed by atoms with Crippen LogP contribution in [0.4, 0.5) is 18.9 Å². The van der Waals surface area contributed by atoms with Crippen LogP contribution in [0.2, 0.25) is 0 Å². The Balaban J connectivity index is 1.45. The number of rotatable bonds is 6. The van der Waals surface area contributed by atoms with Crippen molar-refractivity contribution in [2.24, 2.45) is 16.8 Å². The lowest BCUT2D eigenvalue weighted by molar-refractivity contribution is -0.168. The van der Waals surface area contributed by atoms with E-state index in [-0.39, 0.29) is 0 Å². The molecule has 0 amide bonds. The zero-order valence-electron chi connectivity index (χ0n) is 20.0. The number of benzene rings is 1. The molecule has 2 unspecified atom stereocenters. The van der Waals surface area contributed by atoms with Crippen LogP contribution in [0.25, 0.3) is 5.57 Å². The van der Waals surface area contributed by atoms with Gasteiger partial charge in [-0.25, -0.2) is 4.98 Å². The predicted molar refractivity (Wildman–Crippen MR) is 130 cm³/mol. The van der Waals surface area contributed by atoms with Gasteiger partial charge in [0.25, 0.3) is 0 Å². The van der Waals surface area contributed by atoms with Gasteiger partial charge in [0.2, 0.25) is 0 Å². The molecule has 0 saturated carbocycles. The van der Waals surface area contributed by atoms with Crippen molar-refractivity contribution in [2.45, 2.75) is 65.8 Å². The van der Waals surface area contributed by atoms with Crippen LogP contribution in [0.15, 0.2) is 35.4 Å². The number of thiazole rings is 1. The monoisotopic (exact) mass is 490 g/mol. The third kappa shape index (κ3) is 5.28. The molecular formula is C26H29F3N2O2S. The predicted octanol–water partition coefficient (Wildman–Crippen LogP) is 6.90. The number of aliphatic imine (C=N–C) groups is 1. The second-order valence-corrected chi connectivity index (χ2v) is 10.8. The molecule has 0 fully saturated rings. The maximum absolute atomic E-state index is 13.1. The fourth-order valence-electron chi connectivity index (χ4n) is 4.42. The van der Waals surface area contributed by atoms with Crippen molar-refractivity contribution in [3.63, 3.8) is 0 Å². The number of aliphatic hydroxyl groups is 1. The summed E-state index contributed by atoms with van der Waals surface area (Å²) in [6, 6.07) is 3.85. The van der Waals surface area contributed by atoms with Gasteiger partial charge in [-0.2, -0.15) is 13.2 Å². The number of hydrogen-bond acceptors (Lipinski definition) is 5. The Morgan fingerprint density at radius 3 is 2.59 bits per heavy atom. The average molecular weight is 491 g/mol. The van der Waals surface area contributed by atoms with E-state index in [0.717, 1.165) is 44.4 Å². The number of aromatic nitrogens is 1. The van der Waals surface area contributed by atoms with Gasteiger partial charge in [-0.15, -0.1) is 11.3 Å². The highest BCUT2D eigenvalue weighted by Gasteiger charge is 2.41. The number of ether oxygens (including phenoxy) is 1. The van der Waals surface area contributed by atoms with Crippen molar-refractivity contribution >= 4 is 28.3 Å². The van der Waals surface area contributed by atoms with Crippen molar-refractivity contribution in [1.29, 1.82) is 0 Å². The Morgan fingerprint density at radius 2 is 1.94 bits per heavy atom. The van der Waals surface area contributed by atoms with E-state index in [2.05, 4.69) is 9.98 Å². The smallest absolute Gasteiger partial charge is 0.395 e. The minimum absolute atomic E-state index is 0.332. The maximum Gasteiger partial charge on any atom is 0.395 e. The molecular weight excluding hydrogens is 461 g/mol. The number of halogens is 3. The van der Waals surface area contributed by atoms with Crippen LogP contribution in [0, 0.1) is 25.7 Å². The van der Waals surface area contributed by atoms with Crippen molar-refractivity contribution in [3.05, 3.63) is 57.1 Å². The molecule has 0 saturated heterocycles. The Hall–Kier alpha value is -2.45. The second kappa shape index (κ2) is 8.96. The molecule has 182 valence electrons. The molecule has 34 heavy (non-hydrogen) atoms. The van der Waals surface area contributed by atoms with E-state index in [4.69, 9.17) is 4.74 Å². The van der Waals surface area contributed by atoms with Crippen molar-refractivity contribution in [2.75, 3.05) is 0 Å². The molecule has 8 heteroatoms. The zero-order chi connectivity index (χ0) is 24.8. The number of hydrogen-bond donors (Lipinski definition) is 1. The molecule has 1 aromatic heterocycles. The molecule has 1 aromatic carbocycles. The first kappa shape index (κ1) is 24.7. The molecule has 1 aliphatic heterocycles. The summed E-state index contributed by atoms with van der Waals surface area (Å²) >= 11 is 1.45. The van der Waals surface area contributed by atoms with E-state index in [1.54, 1.807) is 26.8 Å². The summed E-state index contributed by atoms with van der Waals surface area (Å²) in [6.45, 7) is 9.37. The van der Waals surface area contributed by atoms with E-state index in [1.165, 1.54) is 23.5 Å². The lowest BCUT2D eigenvalue weighted by Crippen LogP contribution is -2.27. The Morgan fingerprint density at radius 1 is 1.21 bits per heavy atom. The van der Waals surface area contributed by atoms with Gasteiger partial charge < -0.3 is 9.84 Å². The van der Waals surface area contributed by atoms with E-state index in [1.807, 2.05) is 26.0 Å². The van der Waals surface area contributed by atoms with Crippen LogP contribution < -0.4 is 4.74 Å². The zero-order valence-corrected chi connectivity index (χ0v) is 20.8. The molecule has 0 radical (unpaired) electrons. The van der Waals surface area contributed by atoms with Gasteiger partial charge in [-0.3, -0.25) is 4.99 Å². The minimum atomic E-state index is -4.25. The quantitative estimate of drug-likeness (QED) is 0.479. The maximum atomic E-state index is 13.1. The van der Waals surface area contributed by atoms with Gasteiger partial charge in [-0.05, 0) is 56.9 Å². The second-order valence-electron chi connectivity index (χ2n) is 9.75. The lowest BCUT2D eigenvalue weighted by atomic mass is 9.87. The first-order valence-electron chi connectivity index (χ1n) is 11.3. The minimum Gasteiger partial charge on any atom is -0.488 e. The summed E-state index contributed by atoms with van der Waals surface area (Å²) in [4.78, 5) is 10.2. The molecule has 0 spiro atoms. The van der Waals surface area contributed by atoms with Crippen LogP contribution in [0.1, 0.15) is 53.9 Å². The third-order valence-corrected chi connectivity index (χ3v) is 7.37. The van der Waals surface area contributed by atoms with Crippen LogP contribution in [-0.4, -0.2) is 27.6 Å². The van der Waals surface area contributed by atoms with Crippen molar-refractivity contribution in [3.8, 4) is 5.75 Å². The summed E-state index contributed by atoms with van der Waals surface area (Å²) < 4.78 is 45.5. The lowest BCUT2D eigenvalue weighted by Gasteiger charge is -2.24. The molecule has 4 nitrogen and oxygen atoms in total. The average Bonchev–Trinajstić information content (AvgIpc) is 3.28. The summed E-state index contributed by atoms with van der Waals surface area (Å²) in [5, 5.41) is 10.8. The fourth-order valence-corrected chi connectivity index (χ4v) is 5.41. The van der Waals surface area contributed by atoms with Gasteiger partial charge in [0, 0.05) is 24.1 Å². The van der Waals surface area contributed by atoms with Gasteiger partial charge in [-0.1, -0.05) is 25.2 Å². The van der Waals surface area contributed by atoms with Crippen molar-refractivity contribution in [1.82, 2.24) is 4.98 Å². The van der Waals surface area contributed by atoms with Crippen LogP contribution in [-0.2, 0) is 13.0 Å². The summed E-state index contributed by atoms with van der Waals surface area (Å²) in [6.07, 6.45) is 1.38. The molecule has 2 atom stereocenters. The standard InChI is InChI=1S/C26H29F3N2O2S/c1-14-10-17(6-7-20(14)26(27,28)29)24-30-16(3)23(34-24)13-33-22-9-8-21-19(15(22)2)11-18(31-21)12-25(4,5)32/h6-10,14,20,32H,11-13H2,1-5H3. The highest BCUT2D eigenvalue weighted by atomic mass is 32.1. The summed E-state index contributed by atoms with van der Waals surface area (Å²) in [5.74, 6) is -1.33. The van der Waals surface area contributed by atoms with Crippen LogP contribution in [0.5, 0.6) is 5.75 Å². The van der Waals surface area contributed by atoms with Crippen molar-refractivity contribution < 1.29 is 23.0 Å². The highest BCUT2D eigenvalue weighted by Crippen LogP contribution is 2.40. The fraction of sp³-hybridized carbons (Fsp3) is 0.462. The highest BCUT2D eigenvalue weighted by molar-refractivity contribution is 7.12. The molecule has 2 aliphatic rings.